The summed E-state index contributed by atoms with van der Waals surface area (Å²) >= 11 is 0. The summed E-state index contributed by atoms with van der Waals surface area (Å²) in [5, 5.41) is 9.52. The first-order valence-corrected chi connectivity index (χ1v) is 6.31. The Morgan fingerprint density at radius 3 is 2.44 bits per heavy atom. The maximum Gasteiger partial charge on any atom is 0.158 e. The van der Waals surface area contributed by atoms with Crippen LogP contribution in [0.3, 0.4) is 0 Å². The topological polar surface area (TPSA) is 37.3 Å². The molecule has 2 unspecified atom stereocenters. The molecule has 0 aromatic carbocycles. The van der Waals surface area contributed by atoms with Gasteiger partial charge in [-0.1, -0.05) is 19.3 Å². The van der Waals surface area contributed by atoms with Crippen LogP contribution in [-0.4, -0.2) is 23.2 Å². The molecule has 1 aliphatic carbocycles. The minimum absolute atomic E-state index is 0.152. The summed E-state index contributed by atoms with van der Waals surface area (Å²) in [6.45, 7) is 3.03. The van der Waals surface area contributed by atoms with Gasteiger partial charge in [0.1, 0.15) is 6.10 Å². The van der Waals surface area contributed by atoms with Gasteiger partial charge < -0.3 is 5.11 Å². The summed E-state index contributed by atoms with van der Waals surface area (Å²) < 4.78 is 12.9. The number of aliphatic hydroxyl groups is 1. The molecular formula is C13H23FO2. The predicted molar refractivity (Wildman–Crippen MR) is 61.9 cm³/mol. The molecule has 0 aromatic heterocycles. The first kappa shape index (κ1) is 13.6. The van der Waals surface area contributed by atoms with Gasteiger partial charge in [0.05, 0.1) is 6.17 Å². The summed E-state index contributed by atoms with van der Waals surface area (Å²) in [5.74, 6) is 0.690. The third-order valence-corrected chi connectivity index (χ3v) is 3.58. The predicted octanol–water partition coefficient (Wildman–Crippen LogP) is 2.88. The highest BCUT2D eigenvalue weighted by atomic mass is 19.1. The molecule has 1 N–H and O–H groups in total. The van der Waals surface area contributed by atoms with E-state index in [1.165, 1.54) is 6.92 Å². The minimum atomic E-state index is -0.813. The number of ketones is 1. The Kier molecular flexibility index (Phi) is 5.39. The second kappa shape index (κ2) is 6.33. The van der Waals surface area contributed by atoms with Gasteiger partial charge in [0.15, 0.2) is 5.78 Å². The number of hydrogen-bond acceptors (Lipinski definition) is 2. The molecular weight excluding hydrogens is 207 g/mol. The van der Waals surface area contributed by atoms with Crippen LogP contribution in [0.15, 0.2) is 0 Å². The first-order chi connectivity index (χ1) is 7.49. The molecule has 4 atom stereocenters. The van der Waals surface area contributed by atoms with E-state index < -0.39 is 12.3 Å². The van der Waals surface area contributed by atoms with Crippen molar-refractivity contribution in [1.82, 2.24) is 0 Å². The molecule has 94 valence electrons. The number of carbonyl (C=O) groups is 1. The number of carbonyl (C=O) groups excluding carboxylic acids is 1. The van der Waals surface area contributed by atoms with Crippen molar-refractivity contribution in [3.63, 3.8) is 0 Å². The lowest BCUT2D eigenvalue weighted by molar-refractivity contribution is -0.125. The van der Waals surface area contributed by atoms with Crippen molar-refractivity contribution in [2.75, 3.05) is 0 Å². The van der Waals surface area contributed by atoms with Gasteiger partial charge in [-0.3, -0.25) is 4.79 Å². The molecule has 0 radical (unpaired) electrons. The third-order valence-electron chi connectivity index (χ3n) is 3.58. The van der Waals surface area contributed by atoms with E-state index in [9.17, 15) is 14.3 Å². The van der Waals surface area contributed by atoms with Crippen molar-refractivity contribution >= 4 is 5.78 Å². The molecule has 0 bridgehead atoms. The Morgan fingerprint density at radius 2 is 1.94 bits per heavy atom. The van der Waals surface area contributed by atoms with Crippen molar-refractivity contribution in [3.8, 4) is 0 Å². The van der Waals surface area contributed by atoms with Crippen LogP contribution in [0.4, 0.5) is 4.39 Å². The van der Waals surface area contributed by atoms with Gasteiger partial charge in [0.2, 0.25) is 0 Å². The van der Waals surface area contributed by atoms with Crippen LogP contribution >= 0.6 is 0 Å². The number of rotatable bonds is 5. The molecule has 2 nitrogen and oxygen atoms in total. The van der Waals surface area contributed by atoms with Crippen LogP contribution in [0.25, 0.3) is 0 Å². The molecule has 1 aliphatic rings. The Balaban J connectivity index is 2.35. The van der Waals surface area contributed by atoms with Crippen LogP contribution in [0.1, 0.15) is 52.4 Å². The number of Topliss-reactive ketones (excluding diaryl/α,β-unsaturated/α-hetero) is 1. The van der Waals surface area contributed by atoms with Crippen molar-refractivity contribution in [3.05, 3.63) is 0 Å². The number of halogens is 1. The minimum Gasteiger partial charge on any atom is -0.385 e. The normalized spacial score (nSPS) is 29.8. The fourth-order valence-electron chi connectivity index (χ4n) is 2.77. The van der Waals surface area contributed by atoms with Crippen molar-refractivity contribution in [2.45, 2.75) is 64.6 Å². The molecule has 0 aromatic rings. The largest absolute Gasteiger partial charge is 0.385 e. The van der Waals surface area contributed by atoms with Crippen molar-refractivity contribution < 1.29 is 14.3 Å². The molecule has 0 amide bonds. The highest BCUT2D eigenvalue weighted by molar-refractivity contribution is 5.80. The van der Waals surface area contributed by atoms with Gasteiger partial charge in [0, 0.05) is 0 Å². The lowest BCUT2D eigenvalue weighted by atomic mass is 9.77. The molecule has 0 saturated heterocycles. The van der Waals surface area contributed by atoms with Gasteiger partial charge in [-0.25, -0.2) is 4.39 Å². The van der Waals surface area contributed by atoms with Gasteiger partial charge in [-0.2, -0.15) is 0 Å². The highest BCUT2D eigenvalue weighted by Gasteiger charge is 2.26. The van der Waals surface area contributed by atoms with E-state index in [1.54, 1.807) is 6.92 Å². The fourth-order valence-corrected chi connectivity index (χ4v) is 2.77. The lowest BCUT2D eigenvalue weighted by Gasteiger charge is -2.30. The van der Waals surface area contributed by atoms with Crippen LogP contribution in [0.2, 0.25) is 0 Å². The quantitative estimate of drug-likeness (QED) is 0.788. The standard InChI is InChI=1S/C13H23FO2/c1-9(14)6-11-4-3-5-12(7-11)8-13(16)10(2)15/h9,11-13,16H,3-8H2,1-2H3/t9-,11?,12-,13?/m0/s1. The number of hydrogen-bond donors (Lipinski definition) is 1. The zero-order chi connectivity index (χ0) is 12.1. The van der Waals surface area contributed by atoms with Crippen molar-refractivity contribution in [2.24, 2.45) is 11.8 Å². The lowest BCUT2D eigenvalue weighted by Crippen LogP contribution is -2.25. The molecule has 0 aliphatic heterocycles. The van der Waals surface area contributed by atoms with Gasteiger partial charge in [-0.05, 0) is 44.9 Å². The second-order valence-corrected chi connectivity index (χ2v) is 5.28. The number of aliphatic hydroxyl groups excluding tert-OH is 1. The van der Waals surface area contributed by atoms with Gasteiger partial charge >= 0.3 is 0 Å². The van der Waals surface area contributed by atoms with Crippen LogP contribution in [0, 0.1) is 11.8 Å². The van der Waals surface area contributed by atoms with E-state index in [0.717, 1.165) is 25.7 Å². The average molecular weight is 230 g/mol. The molecule has 1 saturated carbocycles. The molecule has 1 fully saturated rings. The Morgan fingerprint density at radius 1 is 1.38 bits per heavy atom. The van der Waals surface area contributed by atoms with Crippen LogP contribution < -0.4 is 0 Å². The van der Waals surface area contributed by atoms with Crippen LogP contribution in [0.5, 0.6) is 0 Å². The highest BCUT2D eigenvalue weighted by Crippen LogP contribution is 2.34. The fraction of sp³-hybridized carbons (Fsp3) is 0.923. The number of alkyl halides is 1. The monoisotopic (exact) mass is 230 g/mol. The maximum atomic E-state index is 12.9. The van der Waals surface area contributed by atoms with Gasteiger partial charge in [0.25, 0.3) is 0 Å². The van der Waals surface area contributed by atoms with E-state index in [0.29, 0.717) is 24.7 Å². The maximum absolute atomic E-state index is 12.9. The zero-order valence-electron chi connectivity index (χ0n) is 10.3. The summed E-state index contributed by atoms with van der Waals surface area (Å²) in [7, 11) is 0. The van der Waals surface area contributed by atoms with Crippen LogP contribution in [-0.2, 0) is 4.79 Å². The van der Waals surface area contributed by atoms with E-state index in [4.69, 9.17) is 0 Å². The smallest absolute Gasteiger partial charge is 0.158 e. The van der Waals surface area contributed by atoms with E-state index in [2.05, 4.69) is 0 Å². The molecule has 0 heterocycles. The molecule has 1 rings (SSSR count). The molecule has 16 heavy (non-hydrogen) atoms. The van der Waals surface area contributed by atoms with E-state index >= 15 is 0 Å². The Labute approximate surface area is 97.2 Å². The van der Waals surface area contributed by atoms with Crippen molar-refractivity contribution in [1.29, 1.82) is 0 Å². The van der Waals surface area contributed by atoms with Gasteiger partial charge in [-0.15, -0.1) is 0 Å². The SMILES string of the molecule is CC(=O)C(O)C[C@H]1CCCC(C[C@H](C)F)C1. The third kappa shape index (κ3) is 4.60. The molecule has 0 spiro atoms. The average Bonchev–Trinajstić information content (AvgIpc) is 2.16. The Hall–Kier alpha value is -0.440. The van der Waals surface area contributed by atoms with E-state index in [-0.39, 0.29) is 5.78 Å². The summed E-state index contributed by atoms with van der Waals surface area (Å²) in [6, 6.07) is 0. The summed E-state index contributed by atoms with van der Waals surface area (Å²) in [6.07, 6.45) is 3.89. The van der Waals surface area contributed by atoms with E-state index in [1.807, 2.05) is 0 Å². The summed E-state index contributed by atoms with van der Waals surface area (Å²) in [5.41, 5.74) is 0. The Bertz CT molecular complexity index is 228. The zero-order valence-corrected chi connectivity index (χ0v) is 10.3. The first-order valence-electron chi connectivity index (χ1n) is 6.31. The summed E-state index contributed by atoms with van der Waals surface area (Å²) in [4.78, 5) is 11.0. The molecule has 3 heteroatoms. The second-order valence-electron chi connectivity index (χ2n) is 5.28.